The molecular formula is C15H11ClN6. The molecule has 2 heterocycles. The van der Waals surface area contributed by atoms with E-state index in [1.165, 1.54) is 0 Å². The molecule has 2 aromatic carbocycles. The maximum atomic E-state index is 6.17. The first-order valence-corrected chi connectivity index (χ1v) is 7.02. The van der Waals surface area contributed by atoms with Gasteiger partial charge >= 0.3 is 0 Å². The van der Waals surface area contributed by atoms with Crippen LogP contribution in [0.1, 0.15) is 0 Å². The number of imidazole rings is 1. The maximum absolute atomic E-state index is 6.17. The van der Waals surface area contributed by atoms with Gasteiger partial charge < -0.3 is 10.7 Å². The summed E-state index contributed by atoms with van der Waals surface area (Å²) in [5.74, 6) is 1.01. The minimum absolute atomic E-state index is 0.418. The molecule has 0 amide bonds. The van der Waals surface area contributed by atoms with Crippen LogP contribution in [0.25, 0.3) is 28.2 Å². The smallest absolute Gasteiger partial charge is 0.172 e. The normalized spacial score (nSPS) is 11.1. The van der Waals surface area contributed by atoms with Crippen molar-refractivity contribution in [3.8, 4) is 17.2 Å². The molecule has 4 rings (SSSR count). The van der Waals surface area contributed by atoms with E-state index in [1.54, 1.807) is 16.8 Å². The lowest BCUT2D eigenvalue weighted by atomic mass is 10.3. The molecule has 3 N–H and O–H groups in total. The first-order valence-electron chi connectivity index (χ1n) is 6.64. The van der Waals surface area contributed by atoms with Crippen molar-refractivity contribution in [3.05, 3.63) is 53.6 Å². The first kappa shape index (κ1) is 12.8. The number of aromatic nitrogens is 5. The van der Waals surface area contributed by atoms with E-state index in [9.17, 15) is 0 Å². The predicted octanol–water partition coefficient (Wildman–Crippen LogP) is 3.05. The fourth-order valence-electron chi connectivity index (χ4n) is 2.30. The van der Waals surface area contributed by atoms with Crippen molar-refractivity contribution in [2.24, 2.45) is 0 Å². The molecule has 6 nitrogen and oxygen atoms in total. The van der Waals surface area contributed by atoms with Gasteiger partial charge in [-0.1, -0.05) is 28.9 Å². The highest BCUT2D eigenvalue weighted by Gasteiger charge is 2.16. The average molecular weight is 311 g/mol. The Morgan fingerprint density at radius 2 is 1.82 bits per heavy atom. The minimum Gasteiger partial charge on any atom is -0.382 e. The van der Waals surface area contributed by atoms with Gasteiger partial charge in [-0.05, 0) is 36.4 Å². The summed E-state index contributed by atoms with van der Waals surface area (Å²) in [5.41, 5.74) is 9.27. The number of hydrogen-bond donors (Lipinski definition) is 2. The second-order valence-corrected chi connectivity index (χ2v) is 5.25. The highest BCUT2D eigenvalue weighted by atomic mass is 35.5. The third-order valence-corrected chi connectivity index (χ3v) is 3.64. The molecule has 108 valence electrons. The number of anilines is 1. The van der Waals surface area contributed by atoms with Gasteiger partial charge in [-0.3, -0.25) is 0 Å². The number of fused-ring (bicyclic) bond motifs is 1. The van der Waals surface area contributed by atoms with Gasteiger partial charge in [0.25, 0.3) is 0 Å². The Hall–Kier alpha value is -2.86. The molecule has 4 aromatic rings. The molecule has 0 aliphatic heterocycles. The summed E-state index contributed by atoms with van der Waals surface area (Å²) >= 11 is 5.89. The van der Waals surface area contributed by atoms with Crippen molar-refractivity contribution in [2.75, 3.05) is 5.73 Å². The van der Waals surface area contributed by atoms with Crippen LogP contribution < -0.4 is 5.73 Å². The molecular weight excluding hydrogens is 300 g/mol. The first-order chi connectivity index (χ1) is 10.7. The molecule has 0 aliphatic rings. The van der Waals surface area contributed by atoms with E-state index < -0.39 is 0 Å². The molecule has 7 heteroatoms. The van der Waals surface area contributed by atoms with E-state index in [1.807, 2.05) is 36.4 Å². The zero-order chi connectivity index (χ0) is 15.1. The van der Waals surface area contributed by atoms with E-state index in [0.29, 0.717) is 22.4 Å². The molecule has 2 aromatic heterocycles. The Bertz CT molecular complexity index is 921. The van der Waals surface area contributed by atoms with Crippen LogP contribution in [-0.4, -0.2) is 25.0 Å². The topological polar surface area (TPSA) is 85.4 Å². The van der Waals surface area contributed by atoms with Crippen molar-refractivity contribution in [1.82, 2.24) is 25.0 Å². The van der Waals surface area contributed by atoms with Crippen LogP contribution >= 0.6 is 11.6 Å². The van der Waals surface area contributed by atoms with Gasteiger partial charge in [0.2, 0.25) is 0 Å². The highest BCUT2D eigenvalue weighted by molar-refractivity contribution is 6.30. The Morgan fingerprint density at radius 1 is 1.05 bits per heavy atom. The summed E-state index contributed by atoms with van der Waals surface area (Å²) in [4.78, 5) is 7.69. The fraction of sp³-hybridized carbons (Fsp3) is 0. The zero-order valence-corrected chi connectivity index (χ0v) is 12.1. The summed E-state index contributed by atoms with van der Waals surface area (Å²) in [6.07, 6.45) is 0. The summed E-state index contributed by atoms with van der Waals surface area (Å²) in [7, 11) is 0. The van der Waals surface area contributed by atoms with Crippen LogP contribution in [0.4, 0.5) is 5.82 Å². The molecule has 0 spiro atoms. The third-order valence-electron chi connectivity index (χ3n) is 3.39. The average Bonchev–Trinajstić information content (AvgIpc) is 3.11. The molecule has 0 saturated carbocycles. The molecule has 22 heavy (non-hydrogen) atoms. The van der Waals surface area contributed by atoms with Crippen LogP contribution in [0.3, 0.4) is 0 Å². The van der Waals surface area contributed by atoms with Gasteiger partial charge in [-0.2, -0.15) is 4.68 Å². The van der Waals surface area contributed by atoms with E-state index in [-0.39, 0.29) is 0 Å². The molecule has 0 aliphatic carbocycles. The van der Waals surface area contributed by atoms with Crippen molar-refractivity contribution in [1.29, 1.82) is 0 Å². The quantitative estimate of drug-likeness (QED) is 0.596. The Balaban J connectivity index is 1.82. The Labute approximate surface area is 130 Å². The van der Waals surface area contributed by atoms with Gasteiger partial charge in [-0.25, -0.2) is 4.98 Å². The van der Waals surface area contributed by atoms with E-state index in [0.717, 1.165) is 16.7 Å². The van der Waals surface area contributed by atoms with Crippen LogP contribution in [0.5, 0.6) is 0 Å². The number of rotatable bonds is 2. The number of nitrogen functional groups attached to an aromatic ring is 1. The molecule has 0 radical (unpaired) electrons. The van der Waals surface area contributed by atoms with E-state index >= 15 is 0 Å². The van der Waals surface area contributed by atoms with Crippen molar-refractivity contribution in [2.45, 2.75) is 0 Å². The summed E-state index contributed by atoms with van der Waals surface area (Å²) in [6.45, 7) is 0. The molecule has 0 atom stereocenters. The lowest BCUT2D eigenvalue weighted by Gasteiger charge is -2.02. The Kier molecular flexibility index (Phi) is 2.83. The summed E-state index contributed by atoms with van der Waals surface area (Å²) < 4.78 is 1.55. The number of halogens is 1. The molecule has 0 bridgehead atoms. The monoisotopic (exact) mass is 310 g/mol. The number of H-pyrrole nitrogens is 1. The van der Waals surface area contributed by atoms with Crippen LogP contribution in [0.15, 0.2) is 48.5 Å². The van der Waals surface area contributed by atoms with Gasteiger partial charge in [0, 0.05) is 5.02 Å². The van der Waals surface area contributed by atoms with Gasteiger partial charge in [0.15, 0.2) is 17.3 Å². The van der Waals surface area contributed by atoms with Gasteiger partial charge in [-0.15, -0.1) is 5.10 Å². The lowest BCUT2D eigenvalue weighted by molar-refractivity contribution is 0.810. The predicted molar refractivity (Wildman–Crippen MR) is 85.9 cm³/mol. The molecule has 0 saturated heterocycles. The largest absolute Gasteiger partial charge is 0.382 e. The second kappa shape index (κ2) is 4.85. The summed E-state index contributed by atoms with van der Waals surface area (Å²) in [6, 6.07) is 15.0. The van der Waals surface area contributed by atoms with Gasteiger partial charge in [0.1, 0.15) is 0 Å². The fourth-order valence-corrected chi connectivity index (χ4v) is 2.42. The van der Waals surface area contributed by atoms with E-state index in [4.69, 9.17) is 17.3 Å². The molecule has 0 fully saturated rings. The maximum Gasteiger partial charge on any atom is 0.172 e. The SMILES string of the molecule is Nc1c(-c2nc3ccccc3[nH]2)nnn1-c1ccc(Cl)cc1. The van der Waals surface area contributed by atoms with Crippen molar-refractivity contribution >= 4 is 28.5 Å². The number of nitrogens with zero attached hydrogens (tertiary/aromatic N) is 4. The number of aromatic amines is 1. The van der Waals surface area contributed by atoms with Gasteiger partial charge in [0.05, 0.1) is 16.7 Å². The minimum atomic E-state index is 0.418. The number of hydrogen-bond acceptors (Lipinski definition) is 4. The number of nitrogens with one attached hydrogen (secondary N) is 1. The lowest BCUT2D eigenvalue weighted by Crippen LogP contribution is -2.02. The van der Waals surface area contributed by atoms with Crippen LogP contribution in [0, 0.1) is 0 Å². The van der Waals surface area contributed by atoms with Crippen LogP contribution in [-0.2, 0) is 0 Å². The number of para-hydroxylation sites is 2. The van der Waals surface area contributed by atoms with Crippen LogP contribution in [0.2, 0.25) is 5.02 Å². The Morgan fingerprint density at radius 3 is 2.59 bits per heavy atom. The third kappa shape index (κ3) is 2.01. The standard InChI is InChI=1S/C15H11ClN6/c16-9-5-7-10(8-6-9)22-14(17)13(20-21-22)15-18-11-3-1-2-4-12(11)19-15/h1-8H,17H2,(H,18,19). The van der Waals surface area contributed by atoms with E-state index in [2.05, 4.69) is 20.3 Å². The molecule has 0 unspecified atom stereocenters. The number of nitrogens with two attached hydrogens (primary N) is 1. The zero-order valence-electron chi connectivity index (χ0n) is 11.4. The second-order valence-electron chi connectivity index (χ2n) is 4.81. The number of benzene rings is 2. The highest BCUT2D eigenvalue weighted by Crippen LogP contribution is 2.25. The van der Waals surface area contributed by atoms with Crippen molar-refractivity contribution in [3.63, 3.8) is 0 Å². The van der Waals surface area contributed by atoms with Crippen molar-refractivity contribution < 1.29 is 0 Å². The summed E-state index contributed by atoms with van der Waals surface area (Å²) in [5, 5.41) is 8.89.